The highest BCUT2D eigenvalue weighted by Gasteiger charge is 2.69. The van der Waals surface area contributed by atoms with Gasteiger partial charge in [0, 0.05) is 29.7 Å². The molecule has 3 fully saturated rings. The zero-order chi connectivity index (χ0) is 29.0. The van der Waals surface area contributed by atoms with Gasteiger partial charge >= 0.3 is 5.92 Å². The first kappa shape index (κ1) is 28.2. The molecule has 5 aliphatic carbocycles. The van der Waals surface area contributed by atoms with E-state index in [0.29, 0.717) is 32.6 Å². The highest BCUT2D eigenvalue weighted by molar-refractivity contribution is 6.02. The van der Waals surface area contributed by atoms with Crippen LogP contribution < -0.4 is 5.32 Å². The lowest BCUT2D eigenvalue weighted by atomic mass is 9.36. The van der Waals surface area contributed by atoms with Crippen LogP contribution in [0.4, 0.5) is 8.78 Å². The second kappa shape index (κ2) is 8.33. The highest BCUT2D eigenvalue weighted by atomic mass is 19.3. The molecule has 5 aliphatic rings. The molecule has 0 aliphatic heterocycles. The molecule has 5 rings (SSSR count). The Morgan fingerprint density at radius 1 is 1.05 bits per heavy atom. The van der Waals surface area contributed by atoms with E-state index >= 15 is 0 Å². The normalized spacial score (nSPS) is 44.9. The lowest BCUT2D eigenvalue weighted by Gasteiger charge is -2.68. The summed E-state index contributed by atoms with van der Waals surface area (Å²) >= 11 is 0. The zero-order valence-corrected chi connectivity index (χ0v) is 24.3. The van der Waals surface area contributed by atoms with E-state index in [4.69, 9.17) is 0 Å². The van der Waals surface area contributed by atoms with Crippen molar-refractivity contribution in [1.82, 2.24) is 5.32 Å². The van der Waals surface area contributed by atoms with Crippen LogP contribution in [0.3, 0.4) is 0 Å². The molecule has 39 heavy (non-hydrogen) atoms. The summed E-state index contributed by atoms with van der Waals surface area (Å²) in [7, 11) is 0. The van der Waals surface area contributed by atoms with Gasteiger partial charge in [-0.25, -0.2) is 0 Å². The number of carbonyl (C=O) groups excluding carboxylic acids is 3. The van der Waals surface area contributed by atoms with Gasteiger partial charge in [0.1, 0.15) is 6.07 Å². The van der Waals surface area contributed by atoms with Crippen molar-refractivity contribution in [2.24, 2.45) is 45.3 Å². The predicted octanol–water partition coefficient (Wildman–Crippen LogP) is 6.34. The van der Waals surface area contributed by atoms with Crippen LogP contribution in [-0.2, 0) is 14.4 Å². The van der Waals surface area contributed by atoms with Gasteiger partial charge in [0.25, 0.3) is 5.91 Å². The smallest absolute Gasteiger partial charge is 0.321 e. The Morgan fingerprint density at radius 2 is 1.69 bits per heavy atom. The molecule has 0 aromatic carbocycles. The monoisotopic (exact) mass is 540 g/mol. The van der Waals surface area contributed by atoms with Gasteiger partial charge in [0.05, 0.1) is 5.57 Å². The van der Waals surface area contributed by atoms with E-state index in [1.165, 1.54) is 0 Å². The summed E-state index contributed by atoms with van der Waals surface area (Å²) in [5.74, 6) is -5.83. The summed E-state index contributed by atoms with van der Waals surface area (Å²) in [6.07, 6.45) is 8.47. The minimum atomic E-state index is -3.49. The Bertz CT molecular complexity index is 1250. The van der Waals surface area contributed by atoms with Crippen molar-refractivity contribution in [3.8, 4) is 6.07 Å². The van der Waals surface area contributed by atoms with Gasteiger partial charge in [-0.05, 0) is 79.1 Å². The number of nitrogens with zero attached hydrogens (tertiary/aromatic N) is 1. The first-order valence-electron chi connectivity index (χ1n) is 14.5. The van der Waals surface area contributed by atoms with Crippen molar-refractivity contribution in [1.29, 1.82) is 5.26 Å². The Kier molecular flexibility index (Phi) is 6.02. The number of hydrogen-bond donors (Lipinski definition) is 1. The van der Waals surface area contributed by atoms with Crippen LogP contribution in [0.25, 0.3) is 0 Å². The number of allylic oxidation sites excluding steroid dienone is 4. The van der Waals surface area contributed by atoms with Crippen molar-refractivity contribution in [3.63, 3.8) is 0 Å². The molecule has 7 heteroatoms. The number of halogens is 2. The van der Waals surface area contributed by atoms with Crippen LogP contribution >= 0.6 is 0 Å². The maximum Gasteiger partial charge on any atom is 0.321 e. The van der Waals surface area contributed by atoms with Crippen LogP contribution in [0.15, 0.2) is 23.3 Å². The molecule has 0 unspecified atom stereocenters. The molecule has 0 aromatic rings. The van der Waals surface area contributed by atoms with Gasteiger partial charge in [-0.3, -0.25) is 14.4 Å². The second-order valence-electron chi connectivity index (χ2n) is 14.9. The Morgan fingerprint density at radius 3 is 2.31 bits per heavy atom. The third-order valence-electron chi connectivity index (χ3n) is 12.3. The second-order valence-corrected chi connectivity index (χ2v) is 14.9. The number of rotatable bonds is 2. The molecule has 3 saturated carbocycles. The van der Waals surface area contributed by atoms with Gasteiger partial charge in [-0.2, -0.15) is 14.0 Å². The van der Waals surface area contributed by atoms with Gasteiger partial charge in [0.15, 0.2) is 11.6 Å². The number of nitrogens with one attached hydrogen (secondary N) is 1. The summed E-state index contributed by atoms with van der Waals surface area (Å²) in [6.45, 7) is 13.4. The maximum absolute atomic E-state index is 14.3. The van der Waals surface area contributed by atoms with Crippen LogP contribution in [0.2, 0.25) is 0 Å². The number of hydrogen-bond acceptors (Lipinski definition) is 4. The van der Waals surface area contributed by atoms with E-state index in [0.717, 1.165) is 24.8 Å². The van der Waals surface area contributed by atoms with Gasteiger partial charge in [-0.15, -0.1) is 0 Å². The summed E-state index contributed by atoms with van der Waals surface area (Å²) in [5.41, 5.74) is -1.15. The molecule has 1 N–H and O–H groups in total. The summed E-state index contributed by atoms with van der Waals surface area (Å²) < 4.78 is 28.3. The number of fused-ring (bicyclic) bond motifs is 7. The zero-order valence-electron chi connectivity index (χ0n) is 24.3. The quantitative estimate of drug-likeness (QED) is 0.443. The largest absolute Gasteiger partial charge is 0.345 e. The Balaban J connectivity index is 1.65. The van der Waals surface area contributed by atoms with Crippen molar-refractivity contribution >= 4 is 17.5 Å². The lowest BCUT2D eigenvalue weighted by Crippen LogP contribution is -2.70. The first-order valence-corrected chi connectivity index (χ1v) is 14.5. The Hall–Kier alpha value is -2.36. The number of alkyl halides is 2. The van der Waals surface area contributed by atoms with Crippen LogP contribution in [0.1, 0.15) is 93.4 Å². The molecule has 5 nitrogen and oxygen atoms in total. The fourth-order valence-corrected chi connectivity index (χ4v) is 9.81. The molecular formula is C32H42F2N2O3. The third kappa shape index (κ3) is 3.75. The molecular weight excluding hydrogens is 498 g/mol. The number of nitriles is 1. The lowest BCUT2D eigenvalue weighted by molar-refractivity contribution is -0.167. The summed E-state index contributed by atoms with van der Waals surface area (Å²) in [6, 6.07) is 2.11. The molecule has 0 heterocycles. The number of Topliss-reactive ketones (excluding diaryl/α,β-unsaturated/α-hetero) is 1. The van der Waals surface area contributed by atoms with E-state index in [2.05, 4.69) is 46.0 Å². The van der Waals surface area contributed by atoms with Crippen molar-refractivity contribution in [2.75, 3.05) is 0 Å². The average molecular weight is 541 g/mol. The highest BCUT2D eigenvalue weighted by Crippen LogP contribution is 2.72. The van der Waals surface area contributed by atoms with E-state index in [9.17, 15) is 28.4 Å². The molecule has 0 saturated heterocycles. The standard InChI is InChI=1S/C32H42F2N2O3/c1-18-20-8-9-29(5)23(28(20,4)15-19(17-35)25(18)38)14-22(37)24-21-16-27(2,3)10-12-32(21,13-11-30(24,29)6)36-26(39)31(7,33)34/h14-15,18,20-21,24H,8-13,16H2,1-7H3,(H,36,39)/t18-,20-,21-,24-,28-,29+,30+,32-/m0/s1. The molecule has 0 aromatic heterocycles. The van der Waals surface area contributed by atoms with Crippen LogP contribution in [0, 0.1) is 56.7 Å². The Labute approximate surface area is 230 Å². The van der Waals surface area contributed by atoms with Gasteiger partial charge in [0.2, 0.25) is 0 Å². The number of amides is 1. The number of ketones is 2. The number of carbonyl (C=O) groups is 3. The minimum absolute atomic E-state index is 0.00686. The van der Waals surface area contributed by atoms with Gasteiger partial charge in [-0.1, -0.05) is 53.2 Å². The molecule has 0 bridgehead atoms. The van der Waals surface area contributed by atoms with Crippen molar-refractivity contribution in [2.45, 2.75) is 105 Å². The van der Waals surface area contributed by atoms with E-state index in [1.54, 1.807) is 6.08 Å². The molecule has 1 amide bonds. The van der Waals surface area contributed by atoms with E-state index in [1.807, 2.05) is 13.0 Å². The van der Waals surface area contributed by atoms with Crippen LogP contribution in [0.5, 0.6) is 0 Å². The molecule has 0 radical (unpaired) electrons. The predicted molar refractivity (Wildman–Crippen MR) is 143 cm³/mol. The van der Waals surface area contributed by atoms with E-state index in [-0.39, 0.29) is 45.7 Å². The summed E-state index contributed by atoms with van der Waals surface area (Å²) in [5, 5.41) is 12.6. The first-order chi connectivity index (χ1) is 17.9. The SMILES string of the molecule is C[C@@H]1C(=O)C(C#N)=C[C@]2(C)C3=CC(=O)[C@@H]4[C@@H]5CC(C)(C)CC[C@]5(NC(=O)C(C)(F)F)CC[C@@]4(C)[C@]3(C)CC[C@@H]12. The minimum Gasteiger partial charge on any atom is -0.345 e. The molecule has 212 valence electrons. The van der Waals surface area contributed by atoms with E-state index < -0.39 is 34.1 Å². The third-order valence-corrected chi connectivity index (χ3v) is 12.3. The fourth-order valence-electron chi connectivity index (χ4n) is 9.81. The van der Waals surface area contributed by atoms with Gasteiger partial charge < -0.3 is 5.32 Å². The van der Waals surface area contributed by atoms with Crippen molar-refractivity contribution in [3.05, 3.63) is 23.3 Å². The average Bonchev–Trinajstić information content (AvgIpc) is 2.83. The van der Waals surface area contributed by atoms with Crippen LogP contribution in [-0.4, -0.2) is 28.9 Å². The molecule has 8 atom stereocenters. The topological polar surface area (TPSA) is 87.0 Å². The molecule has 0 spiro atoms. The summed E-state index contributed by atoms with van der Waals surface area (Å²) in [4.78, 5) is 39.9. The van der Waals surface area contributed by atoms with Crippen molar-refractivity contribution < 1.29 is 23.2 Å². The maximum atomic E-state index is 14.3. The fraction of sp³-hybridized carbons (Fsp3) is 0.750.